The SMILES string of the molecule is CC(C)CC(C)NC(=O)c1ccc2cc[nH]c2c1. The van der Waals surface area contributed by atoms with Crippen LogP contribution in [-0.2, 0) is 0 Å². The van der Waals surface area contributed by atoms with Gasteiger partial charge >= 0.3 is 0 Å². The molecule has 2 aromatic rings. The van der Waals surface area contributed by atoms with Crippen molar-refractivity contribution in [3.8, 4) is 0 Å². The van der Waals surface area contributed by atoms with Crippen molar-refractivity contribution in [1.82, 2.24) is 10.3 Å². The first-order valence-electron chi connectivity index (χ1n) is 6.44. The number of rotatable bonds is 4. The first kappa shape index (κ1) is 12.7. The summed E-state index contributed by atoms with van der Waals surface area (Å²) in [6.07, 6.45) is 2.88. The zero-order chi connectivity index (χ0) is 13.1. The highest BCUT2D eigenvalue weighted by atomic mass is 16.1. The number of aromatic nitrogens is 1. The van der Waals surface area contributed by atoms with Gasteiger partial charge in [0.25, 0.3) is 5.91 Å². The number of benzene rings is 1. The van der Waals surface area contributed by atoms with Crippen LogP contribution in [0.4, 0.5) is 0 Å². The number of H-pyrrole nitrogens is 1. The number of nitrogens with one attached hydrogen (secondary N) is 2. The lowest BCUT2D eigenvalue weighted by molar-refractivity contribution is 0.0936. The van der Waals surface area contributed by atoms with Gasteiger partial charge in [0, 0.05) is 23.3 Å². The molecular weight excluding hydrogens is 224 g/mol. The predicted octanol–water partition coefficient (Wildman–Crippen LogP) is 3.33. The molecule has 3 nitrogen and oxygen atoms in total. The van der Waals surface area contributed by atoms with E-state index < -0.39 is 0 Å². The minimum atomic E-state index is -0.000324. The Hall–Kier alpha value is -1.77. The lowest BCUT2D eigenvalue weighted by Gasteiger charge is -2.15. The van der Waals surface area contributed by atoms with Crippen LogP contribution < -0.4 is 5.32 Å². The molecule has 1 aromatic carbocycles. The maximum Gasteiger partial charge on any atom is 0.251 e. The van der Waals surface area contributed by atoms with Crippen LogP contribution in [0, 0.1) is 5.92 Å². The van der Waals surface area contributed by atoms with Crippen LogP contribution in [0.3, 0.4) is 0 Å². The summed E-state index contributed by atoms with van der Waals surface area (Å²) in [6, 6.07) is 7.93. The van der Waals surface area contributed by atoms with E-state index in [1.807, 2.05) is 37.4 Å². The third-order valence-corrected chi connectivity index (χ3v) is 3.02. The molecule has 96 valence electrons. The summed E-state index contributed by atoms with van der Waals surface area (Å²) in [5.74, 6) is 0.589. The molecule has 0 spiro atoms. The number of carbonyl (C=O) groups excluding carboxylic acids is 1. The first-order chi connectivity index (χ1) is 8.56. The predicted molar refractivity (Wildman–Crippen MR) is 74.7 cm³/mol. The van der Waals surface area contributed by atoms with Crippen molar-refractivity contribution < 1.29 is 4.79 Å². The van der Waals surface area contributed by atoms with Crippen molar-refractivity contribution in [2.75, 3.05) is 0 Å². The van der Waals surface area contributed by atoms with Gasteiger partial charge in [-0.25, -0.2) is 0 Å². The smallest absolute Gasteiger partial charge is 0.251 e. The summed E-state index contributed by atoms with van der Waals surface area (Å²) in [6.45, 7) is 6.37. The highest BCUT2D eigenvalue weighted by Crippen LogP contribution is 2.14. The van der Waals surface area contributed by atoms with Crippen molar-refractivity contribution in [3.63, 3.8) is 0 Å². The normalized spacial score (nSPS) is 12.9. The van der Waals surface area contributed by atoms with E-state index in [1.54, 1.807) is 0 Å². The lowest BCUT2D eigenvalue weighted by Crippen LogP contribution is -2.33. The molecule has 0 fully saturated rings. The Bertz CT molecular complexity index is 542. The summed E-state index contributed by atoms with van der Waals surface area (Å²) < 4.78 is 0. The average Bonchev–Trinajstić information content (AvgIpc) is 2.74. The molecule has 0 saturated carbocycles. The molecule has 0 saturated heterocycles. The molecule has 1 amide bonds. The van der Waals surface area contributed by atoms with E-state index in [0.29, 0.717) is 11.5 Å². The zero-order valence-corrected chi connectivity index (χ0v) is 11.2. The third-order valence-electron chi connectivity index (χ3n) is 3.02. The van der Waals surface area contributed by atoms with Gasteiger partial charge in [0.1, 0.15) is 0 Å². The van der Waals surface area contributed by atoms with E-state index in [0.717, 1.165) is 17.3 Å². The quantitative estimate of drug-likeness (QED) is 0.851. The van der Waals surface area contributed by atoms with Crippen LogP contribution in [0.5, 0.6) is 0 Å². The maximum absolute atomic E-state index is 12.1. The molecule has 1 atom stereocenters. The minimum Gasteiger partial charge on any atom is -0.361 e. The lowest BCUT2D eigenvalue weighted by atomic mass is 10.0. The Labute approximate surface area is 108 Å². The highest BCUT2D eigenvalue weighted by molar-refractivity contribution is 5.98. The number of hydrogen-bond donors (Lipinski definition) is 2. The Balaban J connectivity index is 2.08. The van der Waals surface area contributed by atoms with Crippen LogP contribution in [0.2, 0.25) is 0 Å². The number of amides is 1. The number of aromatic amines is 1. The van der Waals surface area contributed by atoms with Gasteiger partial charge in [0.05, 0.1) is 0 Å². The van der Waals surface area contributed by atoms with Gasteiger partial charge in [-0.15, -0.1) is 0 Å². The molecule has 1 heterocycles. The topological polar surface area (TPSA) is 44.9 Å². The van der Waals surface area contributed by atoms with Gasteiger partial charge < -0.3 is 10.3 Å². The largest absolute Gasteiger partial charge is 0.361 e. The average molecular weight is 244 g/mol. The molecule has 0 aliphatic rings. The Kier molecular flexibility index (Phi) is 3.70. The molecule has 18 heavy (non-hydrogen) atoms. The van der Waals surface area contributed by atoms with Crippen LogP contribution in [0.25, 0.3) is 10.9 Å². The van der Waals surface area contributed by atoms with Crippen molar-refractivity contribution >= 4 is 16.8 Å². The summed E-state index contributed by atoms with van der Waals surface area (Å²) in [4.78, 5) is 15.2. The number of hydrogen-bond acceptors (Lipinski definition) is 1. The van der Waals surface area contributed by atoms with Gasteiger partial charge in [0.2, 0.25) is 0 Å². The standard InChI is InChI=1S/C15H20N2O/c1-10(2)8-11(3)17-15(18)13-5-4-12-6-7-16-14(12)9-13/h4-7,9-11,16H,8H2,1-3H3,(H,17,18). The summed E-state index contributed by atoms with van der Waals surface area (Å²) in [5.41, 5.74) is 1.71. The van der Waals surface area contributed by atoms with Gasteiger partial charge in [-0.3, -0.25) is 4.79 Å². The van der Waals surface area contributed by atoms with E-state index in [-0.39, 0.29) is 11.9 Å². The summed E-state index contributed by atoms with van der Waals surface area (Å²) in [7, 11) is 0. The molecular formula is C15H20N2O. The van der Waals surface area contributed by atoms with E-state index in [4.69, 9.17) is 0 Å². The molecule has 2 rings (SSSR count). The van der Waals surface area contributed by atoms with E-state index in [1.165, 1.54) is 0 Å². The third kappa shape index (κ3) is 2.92. The van der Waals surface area contributed by atoms with E-state index in [9.17, 15) is 4.79 Å². The van der Waals surface area contributed by atoms with Crippen molar-refractivity contribution in [1.29, 1.82) is 0 Å². The molecule has 1 unspecified atom stereocenters. The molecule has 0 radical (unpaired) electrons. The van der Waals surface area contributed by atoms with Crippen LogP contribution in [-0.4, -0.2) is 16.9 Å². The van der Waals surface area contributed by atoms with Gasteiger partial charge in [-0.1, -0.05) is 19.9 Å². The first-order valence-corrected chi connectivity index (χ1v) is 6.44. The fraction of sp³-hybridized carbons (Fsp3) is 0.400. The van der Waals surface area contributed by atoms with E-state index in [2.05, 4.69) is 24.1 Å². The van der Waals surface area contributed by atoms with Crippen molar-refractivity contribution in [3.05, 3.63) is 36.0 Å². The van der Waals surface area contributed by atoms with Gasteiger partial charge in [0.15, 0.2) is 0 Å². The molecule has 0 aliphatic heterocycles. The van der Waals surface area contributed by atoms with Gasteiger partial charge in [-0.2, -0.15) is 0 Å². The Morgan fingerprint density at radius 3 is 2.78 bits per heavy atom. The van der Waals surface area contributed by atoms with Crippen molar-refractivity contribution in [2.24, 2.45) is 5.92 Å². The summed E-state index contributed by atoms with van der Waals surface area (Å²) >= 11 is 0. The molecule has 0 bridgehead atoms. The monoisotopic (exact) mass is 244 g/mol. The van der Waals surface area contributed by atoms with Crippen LogP contribution in [0.15, 0.2) is 30.5 Å². The minimum absolute atomic E-state index is 0.000324. The highest BCUT2D eigenvalue weighted by Gasteiger charge is 2.11. The number of fused-ring (bicyclic) bond motifs is 1. The Morgan fingerprint density at radius 1 is 1.28 bits per heavy atom. The second-order valence-corrected chi connectivity index (χ2v) is 5.28. The maximum atomic E-state index is 12.1. The second kappa shape index (κ2) is 5.25. The van der Waals surface area contributed by atoms with Crippen LogP contribution >= 0.6 is 0 Å². The van der Waals surface area contributed by atoms with Crippen molar-refractivity contribution in [2.45, 2.75) is 33.2 Å². The van der Waals surface area contributed by atoms with E-state index >= 15 is 0 Å². The fourth-order valence-corrected chi connectivity index (χ4v) is 2.26. The summed E-state index contributed by atoms with van der Waals surface area (Å²) in [5, 5.41) is 4.16. The molecule has 1 aromatic heterocycles. The fourth-order valence-electron chi connectivity index (χ4n) is 2.26. The number of carbonyl (C=O) groups is 1. The van der Waals surface area contributed by atoms with Gasteiger partial charge in [-0.05, 0) is 42.8 Å². The zero-order valence-electron chi connectivity index (χ0n) is 11.2. The van der Waals surface area contributed by atoms with Crippen LogP contribution in [0.1, 0.15) is 37.6 Å². The second-order valence-electron chi connectivity index (χ2n) is 5.28. The molecule has 0 aliphatic carbocycles. The Morgan fingerprint density at radius 2 is 2.06 bits per heavy atom. The molecule has 3 heteroatoms. The molecule has 2 N–H and O–H groups in total.